The topological polar surface area (TPSA) is 146 Å². The van der Waals surface area contributed by atoms with Gasteiger partial charge < -0.3 is 39.5 Å². The quantitative estimate of drug-likeness (QED) is 0.341. The number of aromatic nitrogens is 1. The first-order chi connectivity index (χ1) is 22.5. The number of aryl methyl sites for hydroxylation is 2. The van der Waals surface area contributed by atoms with Crippen LogP contribution in [0.25, 0.3) is 0 Å². The molecule has 2 aliphatic rings. The SMILES string of the molecule is Cc1noc(C)c1NC(=O)N(C)C[C@@H]1OCCCC[C@H](C)Oc2ccc(NC(=O)C3CCCCC3)cc2C(=O)N([C@@H](C)CO)C[C@@H]1C. The molecule has 0 bridgehead atoms. The van der Waals surface area contributed by atoms with Gasteiger partial charge in [0.05, 0.1) is 30.4 Å². The number of ether oxygens (including phenoxy) is 2. The summed E-state index contributed by atoms with van der Waals surface area (Å²) in [6, 6.07) is 4.41. The van der Waals surface area contributed by atoms with Crippen molar-refractivity contribution in [3.05, 3.63) is 35.2 Å². The fourth-order valence-electron chi connectivity index (χ4n) is 6.29. The van der Waals surface area contributed by atoms with Crippen LogP contribution in [-0.2, 0) is 9.53 Å². The van der Waals surface area contributed by atoms with Crippen molar-refractivity contribution >= 4 is 29.2 Å². The first kappa shape index (κ1) is 36.2. The van der Waals surface area contributed by atoms with Crippen LogP contribution in [-0.4, -0.2) is 89.5 Å². The van der Waals surface area contributed by atoms with Crippen molar-refractivity contribution in [2.24, 2.45) is 11.8 Å². The Bertz CT molecular complexity index is 1340. The summed E-state index contributed by atoms with van der Waals surface area (Å²) >= 11 is 0. The molecule has 3 N–H and O–H groups in total. The lowest BCUT2D eigenvalue weighted by molar-refractivity contribution is -0.120. The average molecular weight is 656 g/mol. The molecule has 260 valence electrons. The number of aliphatic hydroxyl groups is 1. The Morgan fingerprint density at radius 3 is 2.49 bits per heavy atom. The molecule has 0 spiro atoms. The van der Waals surface area contributed by atoms with E-state index in [-0.39, 0.29) is 55.5 Å². The van der Waals surface area contributed by atoms with E-state index in [9.17, 15) is 19.5 Å². The van der Waals surface area contributed by atoms with E-state index in [1.165, 1.54) is 0 Å². The van der Waals surface area contributed by atoms with Crippen LogP contribution >= 0.6 is 0 Å². The van der Waals surface area contributed by atoms with Gasteiger partial charge in [0.15, 0.2) is 5.76 Å². The zero-order valence-electron chi connectivity index (χ0n) is 28.8. The molecule has 2 aromatic rings. The molecule has 12 heteroatoms. The molecule has 1 aromatic heterocycles. The van der Waals surface area contributed by atoms with E-state index < -0.39 is 12.1 Å². The Morgan fingerprint density at radius 2 is 1.81 bits per heavy atom. The Balaban J connectivity index is 1.58. The van der Waals surface area contributed by atoms with Crippen LogP contribution in [0.5, 0.6) is 5.75 Å². The first-order valence-electron chi connectivity index (χ1n) is 17.1. The summed E-state index contributed by atoms with van der Waals surface area (Å²) in [6.45, 7) is 10.1. The van der Waals surface area contributed by atoms with Crippen molar-refractivity contribution in [3.63, 3.8) is 0 Å². The number of amides is 4. The Labute approximate surface area is 278 Å². The number of likely N-dealkylation sites (N-methyl/N-ethyl adjacent to an activating group) is 1. The number of aliphatic hydroxyl groups excluding tert-OH is 1. The number of benzene rings is 1. The Kier molecular flexibility index (Phi) is 13.1. The van der Waals surface area contributed by atoms with Crippen LogP contribution in [0, 0.1) is 25.7 Å². The lowest BCUT2D eigenvalue weighted by Crippen LogP contribution is -2.48. The van der Waals surface area contributed by atoms with E-state index in [2.05, 4.69) is 15.8 Å². The van der Waals surface area contributed by atoms with Crippen molar-refractivity contribution < 1.29 is 33.5 Å². The van der Waals surface area contributed by atoms with Gasteiger partial charge in [-0.3, -0.25) is 9.59 Å². The molecule has 0 saturated heterocycles. The van der Waals surface area contributed by atoms with Crippen LogP contribution in [0.1, 0.15) is 93.9 Å². The summed E-state index contributed by atoms with van der Waals surface area (Å²) in [5, 5.41) is 20.1. The van der Waals surface area contributed by atoms with Crippen molar-refractivity contribution in [1.29, 1.82) is 0 Å². The lowest BCUT2D eigenvalue weighted by atomic mass is 9.88. The van der Waals surface area contributed by atoms with Gasteiger partial charge >= 0.3 is 6.03 Å². The number of carbonyl (C=O) groups excluding carboxylic acids is 3. The van der Waals surface area contributed by atoms with Crippen LogP contribution in [0.4, 0.5) is 16.2 Å². The van der Waals surface area contributed by atoms with Crippen LogP contribution in [0.2, 0.25) is 0 Å². The minimum Gasteiger partial charge on any atom is -0.490 e. The predicted octanol–water partition coefficient (Wildman–Crippen LogP) is 5.77. The number of fused-ring (bicyclic) bond motifs is 1. The molecular weight excluding hydrogens is 602 g/mol. The summed E-state index contributed by atoms with van der Waals surface area (Å²) in [6.07, 6.45) is 6.86. The molecule has 1 aliphatic heterocycles. The smallest absolute Gasteiger partial charge is 0.321 e. The van der Waals surface area contributed by atoms with Gasteiger partial charge in [0.25, 0.3) is 5.91 Å². The Morgan fingerprint density at radius 1 is 1.09 bits per heavy atom. The van der Waals surface area contributed by atoms with Gasteiger partial charge in [0.2, 0.25) is 5.91 Å². The summed E-state index contributed by atoms with van der Waals surface area (Å²) in [4.78, 5) is 43.8. The molecule has 0 unspecified atom stereocenters. The number of nitrogens with one attached hydrogen (secondary N) is 2. The largest absolute Gasteiger partial charge is 0.490 e. The summed E-state index contributed by atoms with van der Waals surface area (Å²) in [5.41, 5.74) is 2.01. The number of anilines is 2. The standard InChI is InChI=1S/C35H53N5O7/c1-22-19-40(23(2)21-41)34(43)29-18-28(36-33(42)27-13-8-7-9-14-27)15-16-30(29)46-24(3)12-10-11-17-45-31(22)20-39(6)35(44)37-32-25(4)38-47-26(32)5/h15-16,18,22-24,27,31,41H,7-14,17,19-21H2,1-6H3,(H,36,42)(H,37,44)/t22-,23-,24-,31-/m0/s1. The van der Waals surface area contributed by atoms with Gasteiger partial charge in [-0.15, -0.1) is 0 Å². The second-order valence-corrected chi connectivity index (χ2v) is 13.3. The molecule has 12 nitrogen and oxygen atoms in total. The predicted molar refractivity (Wildman–Crippen MR) is 180 cm³/mol. The molecule has 2 heterocycles. The summed E-state index contributed by atoms with van der Waals surface area (Å²) < 4.78 is 17.9. The number of rotatable bonds is 7. The fourth-order valence-corrected chi connectivity index (χ4v) is 6.29. The minimum absolute atomic E-state index is 0.0241. The maximum absolute atomic E-state index is 14.4. The van der Waals surface area contributed by atoms with E-state index >= 15 is 0 Å². The van der Waals surface area contributed by atoms with Gasteiger partial charge in [-0.2, -0.15) is 0 Å². The summed E-state index contributed by atoms with van der Waals surface area (Å²) in [5.74, 6) is 0.398. The zero-order valence-corrected chi connectivity index (χ0v) is 28.8. The third-order valence-corrected chi connectivity index (χ3v) is 9.36. The van der Waals surface area contributed by atoms with Gasteiger partial charge in [-0.1, -0.05) is 31.3 Å². The first-order valence-corrected chi connectivity index (χ1v) is 17.1. The van der Waals surface area contributed by atoms with Gasteiger partial charge in [-0.05, 0) is 78.0 Å². The lowest BCUT2D eigenvalue weighted by Gasteiger charge is -2.35. The molecule has 1 saturated carbocycles. The normalized spacial score (nSPS) is 22.4. The summed E-state index contributed by atoms with van der Waals surface area (Å²) in [7, 11) is 1.70. The van der Waals surface area contributed by atoms with Crippen molar-refractivity contribution in [2.75, 3.05) is 44.0 Å². The molecule has 4 amide bonds. The van der Waals surface area contributed by atoms with E-state index in [0.717, 1.165) is 51.4 Å². The van der Waals surface area contributed by atoms with E-state index in [1.807, 2.05) is 13.8 Å². The highest BCUT2D eigenvalue weighted by molar-refractivity contribution is 6.00. The molecule has 4 atom stereocenters. The van der Waals surface area contributed by atoms with Gasteiger partial charge in [0, 0.05) is 44.3 Å². The van der Waals surface area contributed by atoms with Crippen LogP contribution < -0.4 is 15.4 Å². The molecule has 1 fully saturated rings. The van der Waals surface area contributed by atoms with E-state index in [4.69, 9.17) is 14.0 Å². The fraction of sp³-hybridized carbons (Fsp3) is 0.657. The van der Waals surface area contributed by atoms with Crippen molar-refractivity contribution in [3.8, 4) is 5.75 Å². The number of nitrogens with zero attached hydrogens (tertiary/aromatic N) is 3. The highest BCUT2D eigenvalue weighted by atomic mass is 16.5. The third-order valence-electron chi connectivity index (χ3n) is 9.36. The van der Waals surface area contributed by atoms with Crippen LogP contribution in [0.3, 0.4) is 0 Å². The molecule has 1 aromatic carbocycles. The second kappa shape index (κ2) is 17.0. The van der Waals surface area contributed by atoms with E-state index in [1.54, 1.807) is 55.8 Å². The maximum Gasteiger partial charge on any atom is 0.321 e. The van der Waals surface area contributed by atoms with Gasteiger partial charge in [0.1, 0.15) is 17.1 Å². The van der Waals surface area contributed by atoms with E-state index in [0.29, 0.717) is 40.7 Å². The number of hydrogen-bond donors (Lipinski definition) is 3. The number of urea groups is 1. The average Bonchev–Trinajstić information content (AvgIpc) is 3.38. The number of hydrogen-bond acceptors (Lipinski definition) is 8. The molecular formula is C35H53N5O7. The number of carbonyl (C=O) groups is 3. The van der Waals surface area contributed by atoms with Gasteiger partial charge in [-0.25, -0.2) is 4.79 Å². The second-order valence-electron chi connectivity index (χ2n) is 13.3. The van der Waals surface area contributed by atoms with Crippen molar-refractivity contribution in [2.45, 2.75) is 104 Å². The minimum atomic E-state index is -0.509. The molecule has 4 rings (SSSR count). The third kappa shape index (κ3) is 9.70. The van der Waals surface area contributed by atoms with Crippen LogP contribution in [0.15, 0.2) is 22.7 Å². The van der Waals surface area contributed by atoms with Crippen molar-refractivity contribution in [1.82, 2.24) is 15.0 Å². The molecule has 1 aliphatic carbocycles. The monoisotopic (exact) mass is 655 g/mol. The highest BCUT2D eigenvalue weighted by Crippen LogP contribution is 2.30. The molecule has 0 radical (unpaired) electrons. The molecule has 47 heavy (non-hydrogen) atoms. The maximum atomic E-state index is 14.4. The zero-order chi connectivity index (χ0) is 34.1. The highest BCUT2D eigenvalue weighted by Gasteiger charge is 2.31. The Hall–Kier alpha value is -3.64.